The molecule has 3 heteroatoms. The minimum absolute atomic E-state index is 1.43. The van der Waals surface area contributed by atoms with E-state index in [1.165, 1.54) is 14.7 Å². The predicted octanol–water partition coefficient (Wildman–Crippen LogP) is 3.50. The summed E-state index contributed by atoms with van der Waals surface area (Å²) in [5, 5.41) is 2.23. The summed E-state index contributed by atoms with van der Waals surface area (Å²) < 4.78 is 1.45. The third-order valence-corrected chi connectivity index (χ3v) is 4.71. The van der Waals surface area contributed by atoms with Crippen LogP contribution in [0.4, 0.5) is 0 Å². The van der Waals surface area contributed by atoms with Gasteiger partial charge in [0.1, 0.15) is 0 Å². The molecule has 0 amide bonds. The average Bonchev–Trinajstić information content (AvgIpc) is 2.30. The summed E-state index contributed by atoms with van der Waals surface area (Å²) in [5.41, 5.74) is 1.45. The second-order valence-corrected chi connectivity index (χ2v) is 4.72. The number of thiophene rings is 1. The SMILES string of the molecule is CSc1csc(SC)c1C. The molecule has 0 atom stereocenters. The van der Waals surface area contributed by atoms with Crippen LogP contribution >= 0.6 is 34.9 Å². The predicted molar refractivity (Wildman–Crippen MR) is 52.6 cm³/mol. The molecule has 0 aromatic carbocycles. The van der Waals surface area contributed by atoms with Gasteiger partial charge in [-0.05, 0) is 25.0 Å². The number of hydrogen-bond donors (Lipinski definition) is 0. The van der Waals surface area contributed by atoms with E-state index < -0.39 is 0 Å². The Balaban J connectivity index is 2.97. The lowest BCUT2D eigenvalue weighted by molar-refractivity contribution is 1.30. The zero-order valence-electron chi connectivity index (χ0n) is 6.30. The van der Waals surface area contributed by atoms with Gasteiger partial charge in [0.15, 0.2) is 0 Å². The molecule has 10 heavy (non-hydrogen) atoms. The molecular weight excluding hydrogens is 180 g/mol. The summed E-state index contributed by atoms with van der Waals surface area (Å²) in [6.07, 6.45) is 4.25. The van der Waals surface area contributed by atoms with E-state index >= 15 is 0 Å². The van der Waals surface area contributed by atoms with Gasteiger partial charge in [0.05, 0.1) is 4.21 Å². The lowest BCUT2D eigenvalue weighted by Crippen LogP contribution is -1.69. The summed E-state index contributed by atoms with van der Waals surface area (Å²) in [4.78, 5) is 1.43. The minimum atomic E-state index is 1.43. The molecule has 0 saturated carbocycles. The molecule has 0 fully saturated rings. The van der Waals surface area contributed by atoms with Crippen molar-refractivity contribution >= 4 is 34.9 Å². The van der Waals surface area contributed by atoms with Crippen LogP contribution in [0.2, 0.25) is 0 Å². The third-order valence-electron chi connectivity index (χ3n) is 1.35. The second-order valence-electron chi connectivity index (χ2n) is 1.92. The molecule has 0 unspecified atom stereocenters. The van der Waals surface area contributed by atoms with Gasteiger partial charge in [0, 0.05) is 10.3 Å². The Labute approximate surface area is 74.4 Å². The van der Waals surface area contributed by atoms with Crippen molar-refractivity contribution in [2.24, 2.45) is 0 Å². The van der Waals surface area contributed by atoms with E-state index in [0.717, 1.165) is 0 Å². The maximum absolute atomic E-state index is 2.23. The lowest BCUT2D eigenvalue weighted by atomic mass is 10.4. The topological polar surface area (TPSA) is 0 Å². The average molecular weight is 190 g/mol. The van der Waals surface area contributed by atoms with Crippen LogP contribution in [0, 0.1) is 6.92 Å². The van der Waals surface area contributed by atoms with Gasteiger partial charge in [0.25, 0.3) is 0 Å². The van der Waals surface area contributed by atoms with E-state index in [-0.39, 0.29) is 0 Å². The highest BCUT2D eigenvalue weighted by Crippen LogP contribution is 2.34. The van der Waals surface area contributed by atoms with Gasteiger partial charge in [-0.25, -0.2) is 0 Å². The fraction of sp³-hybridized carbons (Fsp3) is 0.429. The highest BCUT2D eigenvalue weighted by Gasteiger charge is 2.03. The van der Waals surface area contributed by atoms with E-state index in [4.69, 9.17) is 0 Å². The standard InChI is InChI=1S/C7H10S3/c1-5-6(8-2)4-10-7(5)9-3/h4H,1-3H3. The quantitative estimate of drug-likeness (QED) is 0.655. The van der Waals surface area contributed by atoms with Crippen LogP contribution in [0.15, 0.2) is 14.5 Å². The molecule has 56 valence electrons. The Morgan fingerprint density at radius 1 is 1.30 bits per heavy atom. The van der Waals surface area contributed by atoms with Crippen molar-refractivity contribution in [1.82, 2.24) is 0 Å². The second kappa shape index (κ2) is 3.69. The number of rotatable bonds is 2. The molecule has 0 aliphatic carbocycles. The Hall–Kier alpha value is 0.400. The first kappa shape index (κ1) is 8.50. The van der Waals surface area contributed by atoms with Crippen LogP contribution < -0.4 is 0 Å². The highest BCUT2D eigenvalue weighted by molar-refractivity contribution is 8.01. The van der Waals surface area contributed by atoms with Crippen molar-refractivity contribution in [1.29, 1.82) is 0 Å². The molecule has 0 radical (unpaired) electrons. The summed E-state index contributed by atoms with van der Waals surface area (Å²) in [6.45, 7) is 2.19. The summed E-state index contributed by atoms with van der Waals surface area (Å²) in [5.74, 6) is 0. The van der Waals surface area contributed by atoms with Crippen molar-refractivity contribution in [2.75, 3.05) is 12.5 Å². The van der Waals surface area contributed by atoms with Crippen LogP contribution in [-0.4, -0.2) is 12.5 Å². The summed E-state index contributed by atoms with van der Waals surface area (Å²) in [7, 11) is 0. The van der Waals surface area contributed by atoms with Gasteiger partial charge >= 0.3 is 0 Å². The Bertz CT molecular complexity index is 193. The van der Waals surface area contributed by atoms with Crippen LogP contribution in [0.5, 0.6) is 0 Å². The number of hydrogen-bond acceptors (Lipinski definition) is 3. The summed E-state index contributed by atoms with van der Waals surface area (Å²) >= 11 is 5.51. The Morgan fingerprint density at radius 3 is 2.30 bits per heavy atom. The normalized spacial score (nSPS) is 10.3. The Morgan fingerprint density at radius 2 is 2.00 bits per heavy atom. The van der Waals surface area contributed by atoms with Gasteiger partial charge in [0.2, 0.25) is 0 Å². The maximum Gasteiger partial charge on any atom is 0.0636 e. The van der Waals surface area contributed by atoms with Gasteiger partial charge in [-0.1, -0.05) is 0 Å². The van der Waals surface area contributed by atoms with Crippen molar-refractivity contribution in [3.63, 3.8) is 0 Å². The maximum atomic E-state index is 2.23. The van der Waals surface area contributed by atoms with Crippen molar-refractivity contribution in [3.8, 4) is 0 Å². The molecular formula is C7H10S3. The van der Waals surface area contributed by atoms with Crippen molar-refractivity contribution < 1.29 is 0 Å². The van der Waals surface area contributed by atoms with Gasteiger partial charge in [-0.3, -0.25) is 0 Å². The first-order valence-electron chi connectivity index (χ1n) is 2.95. The number of thioether (sulfide) groups is 2. The Kier molecular flexibility index (Phi) is 3.14. The first-order chi connectivity index (χ1) is 4.79. The van der Waals surface area contributed by atoms with E-state index in [9.17, 15) is 0 Å². The third kappa shape index (κ3) is 1.52. The molecule has 1 rings (SSSR count). The smallest absolute Gasteiger partial charge is 0.0636 e. The first-order valence-corrected chi connectivity index (χ1v) is 6.28. The van der Waals surface area contributed by atoms with E-state index in [1.807, 2.05) is 34.9 Å². The van der Waals surface area contributed by atoms with Gasteiger partial charge in [-0.15, -0.1) is 34.9 Å². The molecule has 1 aromatic rings. The van der Waals surface area contributed by atoms with Crippen LogP contribution in [0.3, 0.4) is 0 Å². The molecule has 1 aromatic heterocycles. The monoisotopic (exact) mass is 190 g/mol. The minimum Gasteiger partial charge on any atom is -0.136 e. The van der Waals surface area contributed by atoms with Crippen LogP contribution in [0.25, 0.3) is 0 Å². The molecule has 0 aliphatic heterocycles. The molecule has 0 nitrogen and oxygen atoms in total. The van der Waals surface area contributed by atoms with Crippen molar-refractivity contribution in [2.45, 2.75) is 16.0 Å². The zero-order chi connectivity index (χ0) is 7.56. The lowest BCUT2D eigenvalue weighted by Gasteiger charge is -1.93. The fourth-order valence-electron chi connectivity index (χ4n) is 0.787. The highest BCUT2D eigenvalue weighted by atomic mass is 32.2. The summed E-state index contributed by atoms with van der Waals surface area (Å²) in [6, 6.07) is 0. The van der Waals surface area contributed by atoms with Gasteiger partial charge in [-0.2, -0.15) is 0 Å². The molecule has 0 spiro atoms. The van der Waals surface area contributed by atoms with E-state index in [2.05, 4.69) is 24.8 Å². The van der Waals surface area contributed by atoms with Crippen molar-refractivity contribution in [3.05, 3.63) is 10.9 Å². The van der Waals surface area contributed by atoms with Crippen LogP contribution in [-0.2, 0) is 0 Å². The van der Waals surface area contributed by atoms with Crippen LogP contribution in [0.1, 0.15) is 5.56 Å². The fourth-order valence-corrected chi connectivity index (χ4v) is 3.48. The molecule has 0 saturated heterocycles. The molecule has 0 aliphatic rings. The van der Waals surface area contributed by atoms with Gasteiger partial charge < -0.3 is 0 Å². The largest absolute Gasteiger partial charge is 0.136 e. The zero-order valence-corrected chi connectivity index (χ0v) is 8.75. The van der Waals surface area contributed by atoms with E-state index in [0.29, 0.717) is 0 Å². The molecule has 1 heterocycles. The molecule has 0 bridgehead atoms. The van der Waals surface area contributed by atoms with E-state index in [1.54, 1.807) is 0 Å². The molecule has 0 N–H and O–H groups in total.